The third-order valence-corrected chi connectivity index (χ3v) is 5.19. The number of carbonyl (C=O) groups excluding carboxylic acids is 2. The van der Waals surface area contributed by atoms with Gasteiger partial charge in [0.15, 0.2) is 6.61 Å². The summed E-state index contributed by atoms with van der Waals surface area (Å²) in [6, 6.07) is 16.3. The molecule has 0 radical (unpaired) electrons. The molecular weight excluding hydrogens is 412 g/mol. The van der Waals surface area contributed by atoms with Crippen molar-refractivity contribution in [2.24, 2.45) is 5.10 Å². The van der Waals surface area contributed by atoms with Crippen molar-refractivity contribution in [1.29, 1.82) is 0 Å². The Labute approximate surface area is 185 Å². The van der Waals surface area contributed by atoms with Crippen LogP contribution in [0.25, 0.3) is 0 Å². The lowest BCUT2D eigenvalue weighted by atomic mass is 10.0. The highest BCUT2D eigenvalue weighted by Crippen LogP contribution is 2.27. The maximum absolute atomic E-state index is 12.1. The maximum Gasteiger partial charge on any atom is 0.353 e. The molecule has 31 heavy (non-hydrogen) atoms. The summed E-state index contributed by atoms with van der Waals surface area (Å²) in [5.74, 6) is 0.615. The van der Waals surface area contributed by atoms with Gasteiger partial charge in [0.25, 0.3) is 5.91 Å². The molecule has 0 saturated carbocycles. The minimum atomic E-state index is -0.411. The van der Waals surface area contributed by atoms with Gasteiger partial charge in [-0.05, 0) is 59.2 Å². The Morgan fingerprint density at radius 2 is 1.97 bits per heavy atom. The topological polar surface area (TPSA) is 77.0 Å². The fourth-order valence-corrected chi connectivity index (χ4v) is 3.41. The molecule has 0 fully saturated rings. The standard InChI is InChI=1S/C24H24N2O4S/c1-16(2)20-10-9-17(3)12-21(20)29-15-23(27)26-25-14-18-6-4-7-19(13-18)30-24(28)22-8-5-11-31-22/h4-14,16H,15H2,1-3H3,(H,26,27). The fourth-order valence-electron chi connectivity index (χ4n) is 2.81. The molecule has 0 atom stereocenters. The summed E-state index contributed by atoms with van der Waals surface area (Å²) in [6.45, 7) is 5.99. The van der Waals surface area contributed by atoms with Crippen LogP contribution in [0.15, 0.2) is 65.1 Å². The lowest BCUT2D eigenvalue weighted by Gasteiger charge is -2.14. The second kappa shape index (κ2) is 10.5. The molecule has 0 aliphatic rings. The molecule has 2 aromatic carbocycles. The first-order valence-electron chi connectivity index (χ1n) is 9.83. The first kappa shape index (κ1) is 22.2. The largest absolute Gasteiger partial charge is 0.483 e. The van der Waals surface area contributed by atoms with Crippen molar-refractivity contribution >= 4 is 29.4 Å². The average molecular weight is 437 g/mol. The summed E-state index contributed by atoms with van der Waals surface area (Å²) in [5, 5.41) is 5.77. The fraction of sp³-hybridized carbons (Fsp3) is 0.208. The van der Waals surface area contributed by atoms with Gasteiger partial charge < -0.3 is 9.47 Å². The molecule has 7 heteroatoms. The molecule has 0 unspecified atom stereocenters. The number of hydrazone groups is 1. The molecule has 0 aliphatic heterocycles. The van der Waals surface area contributed by atoms with Crippen molar-refractivity contribution in [2.75, 3.05) is 6.61 Å². The number of nitrogens with one attached hydrogen (secondary N) is 1. The van der Waals surface area contributed by atoms with E-state index in [2.05, 4.69) is 24.4 Å². The van der Waals surface area contributed by atoms with Crippen molar-refractivity contribution in [3.8, 4) is 11.5 Å². The average Bonchev–Trinajstić information content (AvgIpc) is 3.27. The number of rotatable bonds is 8. The van der Waals surface area contributed by atoms with Crippen LogP contribution in [0.1, 0.15) is 46.1 Å². The molecule has 6 nitrogen and oxygen atoms in total. The van der Waals surface area contributed by atoms with Crippen LogP contribution in [0.5, 0.6) is 11.5 Å². The van der Waals surface area contributed by atoms with Crippen LogP contribution < -0.4 is 14.9 Å². The third-order valence-electron chi connectivity index (χ3n) is 4.34. The second-order valence-corrected chi connectivity index (χ2v) is 8.16. The highest BCUT2D eigenvalue weighted by Gasteiger charge is 2.11. The van der Waals surface area contributed by atoms with Gasteiger partial charge in [-0.3, -0.25) is 4.79 Å². The van der Waals surface area contributed by atoms with E-state index in [1.54, 1.807) is 36.4 Å². The smallest absolute Gasteiger partial charge is 0.353 e. The van der Waals surface area contributed by atoms with Crippen LogP contribution in [0.2, 0.25) is 0 Å². The van der Waals surface area contributed by atoms with Crippen LogP contribution in [0, 0.1) is 6.92 Å². The zero-order valence-corrected chi connectivity index (χ0v) is 18.4. The van der Waals surface area contributed by atoms with E-state index < -0.39 is 5.97 Å². The van der Waals surface area contributed by atoms with Crippen LogP contribution in [-0.4, -0.2) is 24.7 Å². The van der Waals surface area contributed by atoms with Gasteiger partial charge in [0.2, 0.25) is 0 Å². The van der Waals surface area contributed by atoms with Crippen molar-refractivity contribution in [2.45, 2.75) is 26.7 Å². The number of aryl methyl sites for hydroxylation is 1. The summed E-state index contributed by atoms with van der Waals surface area (Å²) in [7, 11) is 0. The van der Waals surface area contributed by atoms with Crippen LogP contribution >= 0.6 is 11.3 Å². The van der Waals surface area contributed by atoms with E-state index >= 15 is 0 Å². The number of carbonyl (C=O) groups is 2. The number of benzene rings is 2. The molecule has 0 bridgehead atoms. The Kier molecular flexibility index (Phi) is 7.56. The van der Waals surface area contributed by atoms with Crippen LogP contribution in [-0.2, 0) is 4.79 Å². The second-order valence-electron chi connectivity index (χ2n) is 7.22. The lowest BCUT2D eigenvalue weighted by Crippen LogP contribution is -2.25. The van der Waals surface area contributed by atoms with Gasteiger partial charge in [-0.25, -0.2) is 10.2 Å². The zero-order valence-electron chi connectivity index (χ0n) is 17.6. The Morgan fingerprint density at radius 3 is 2.71 bits per heavy atom. The number of ether oxygens (including phenoxy) is 2. The number of amides is 1. The Balaban J connectivity index is 1.53. The van der Waals surface area contributed by atoms with E-state index in [4.69, 9.17) is 9.47 Å². The van der Waals surface area contributed by atoms with E-state index in [1.807, 2.05) is 30.5 Å². The zero-order chi connectivity index (χ0) is 22.2. The molecule has 3 aromatic rings. The first-order chi connectivity index (χ1) is 14.9. The van der Waals surface area contributed by atoms with Gasteiger partial charge in [-0.1, -0.05) is 44.2 Å². The molecule has 1 aromatic heterocycles. The minimum absolute atomic E-state index is 0.140. The lowest BCUT2D eigenvalue weighted by molar-refractivity contribution is -0.123. The molecule has 0 spiro atoms. The summed E-state index contributed by atoms with van der Waals surface area (Å²) in [6.07, 6.45) is 1.48. The van der Waals surface area contributed by atoms with E-state index in [9.17, 15) is 9.59 Å². The SMILES string of the molecule is Cc1ccc(C(C)C)c(OCC(=O)NN=Cc2cccc(OC(=O)c3cccs3)c2)c1. The number of hydrogen-bond donors (Lipinski definition) is 1. The molecule has 3 rings (SSSR count). The Morgan fingerprint density at radius 1 is 1.13 bits per heavy atom. The highest BCUT2D eigenvalue weighted by molar-refractivity contribution is 7.12. The number of esters is 1. The molecule has 1 amide bonds. The van der Waals surface area contributed by atoms with E-state index in [1.165, 1.54) is 17.6 Å². The van der Waals surface area contributed by atoms with Gasteiger partial charge in [-0.15, -0.1) is 11.3 Å². The summed E-state index contributed by atoms with van der Waals surface area (Å²) < 4.78 is 11.1. The number of nitrogens with zero attached hydrogens (tertiary/aromatic N) is 1. The molecule has 160 valence electrons. The van der Waals surface area contributed by atoms with E-state index in [0.717, 1.165) is 11.1 Å². The molecular formula is C24H24N2O4S. The third kappa shape index (κ3) is 6.52. The molecule has 1 N–H and O–H groups in total. The van der Waals surface area contributed by atoms with Gasteiger partial charge in [0, 0.05) is 0 Å². The van der Waals surface area contributed by atoms with Gasteiger partial charge in [-0.2, -0.15) is 5.10 Å². The predicted molar refractivity (Wildman–Crippen MR) is 122 cm³/mol. The number of thiophene rings is 1. The normalized spacial score (nSPS) is 11.0. The van der Waals surface area contributed by atoms with Crippen molar-refractivity contribution in [1.82, 2.24) is 5.43 Å². The van der Waals surface area contributed by atoms with E-state index in [0.29, 0.717) is 21.9 Å². The summed E-state index contributed by atoms with van der Waals surface area (Å²) >= 11 is 1.32. The first-order valence-corrected chi connectivity index (χ1v) is 10.7. The predicted octanol–water partition coefficient (Wildman–Crippen LogP) is 4.93. The Hall–Kier alpha value is -3.45. The molecule has 0 saturated heterocycles. The monoisotopic (exact) mass is 436 g/mol. The van der Waals surface area contributed by atoms with Crippen molar-refractivity contribution < 1.29 is 19.1 Å². The highest BCUT2D eigenvalue weighted by atomic mass is 32.1. The minimum Gasteiger partial charge on any atom is -0.483 e. The van der Waals surface area contributed by atoms with E-state index in [-0.39, 0.29) is 18.4 Å². The summed E-state index contributed by atoms with van der Waals surface area (Å²) in [4.78, 5) is 24.7. The quantitative estimate of drug-likeness (QED) is 0.235. The number of hydrogen-bond acceptors (Lipinski definition) is 6. The van der Waals surface area contributed by atoms with Crippen molar-refractivity contribution in [3.05, 3.63) is 81.5 Å². The Bertz CT molecular complexity index is 1070. The van der Waals surface area contributed by atoms with Gasteiger partial charge >= 0.3 is 5.97 Å². The van der Waals surface area contributed by atoms with Gasteiger partial charge in [0.1, 0.15) is 16.4 Å². The van der Waals surface area contributed by atoms with Crippen molar-refractivity contribution in [3.63, 3.8) is 0 Å². The van der Waals surface area contributed by atoms with Gasteiger partial charge in [0.05, 0.1) is 6.21 Å². The molecule has 0 aliphatic carbocycles. The van der Waals surface area contributed by atoms with Crippen LogP contribution in [0.3, 0.4) is 0 Å². The molecule has 1 heterocycles. The summed E-state index contributed by atoms with van der Waals surface area (Å²) in [5.41, 5.74) is 5.24. The van der Waals surface area contributed by atoms with Crippen LogP contribution in [0.4, 0.5) is 0 Å². The maximum atomic E-state index is 12.1.